The Morgan fingerprint density at radius 1 is 1.47 bits per heavy atom. The lowest BCUT2D eigenvalue weighted by Gasteiger charge is -2.36. The molecule has 6 nitrogen and oxygen atoms in total. The number of hydroxylamine groups is 2. The maximum absolute atomic E-state index is 12.8. The standard InChI is InChI=1S/C12H22N4O2S/c1-5-6-15-7-9(17)16(18,8-15)11-14-13-10(19-11)12(2,3)4/h9,17H,5-8H2,1-4H3. The van der Waals surface area contributed by atoms with Crippen LogP contribution in [0.1, 0.15) is 39.1 Å². The Labute approximate surface area is 117 Å². The van der Waals surface area contributed by atoms with Gasteiger partial charge in [0.15, 0.2) is 0 Å². The van der Waals surface area contributed by atoms with E-state index in [0.29, 0.717) is 11.7 Å². The van der Waals surface area contributed by atoms with Crippen molar-refractivity contribution < 1.29 is 5.11 Å². The third-order valence-corrected chi connectivity index (χ3v) is 4.69. The molecule has 108 valence electrons. The molecule has 1 N–H and O–H groups in total. The molecule has 1 fully saturated rings. The zero-order chi connectivity index (χ0) is 14.3. The Morgan fingerprint density at radius 2 is 2.16 bits per heavy atom. The SMILES string of the molecule is CCCN1CC(O)[N+]([O-])(c2nnc(C(C)(C)C)s2)C1. The number of nitrogens with zero attached hydrogens (tertiary/aromatic N) is 4. The Balaban J connectivity index is 2.23. The fourth-order valence-corrected chi connectivity index (χ4v) is 3.13. The van der Waals surface area contributed by atoms with Crippen molar-refractivity contribution in [3.63, 3.8) is 0 Å². The van der Waals surface area contributed by atoms with Gasteiger partial charge in [-0.05, 0) is 17.8 Å². The van der Waals surface area contributed by atoms with Gasteiger partial charge in [0, 0.05) is 12.0 Å². The van der Waals surface area contributed by atoms with Crippen LogP contribution >= 0.6 is 11.3 Å². The number of β-amino-alcohol motifs (C(OH)–C–C–N with tert-alkyl or cyclic N) is 1. The fraction of sp³-hybridized carbons (Fsp3) is 0.833. The zero-order valence-corrected chi connectivity index (χ0v) is 12.8. The number of aliphatic hydroxyl groups is 1. The highest BCUT2D eigenvalue weighted by Crippen LogP contribution is 2.36. The second-order valence-electron chi connectivity index (χ2n) is 6.13. The Hall–Kier alpha value is -0.600. The number of hydrogen-bond donors (Lipinski definition) is 1. The molecule has 0 aromatic carbocycles. The molecule has 1 aliphatic heterocycles. The first-order valence-electron chi connectivity index (χ1n) is 6.61. The quantitative estimate of drug-likeness (QED) is 0.675. The summed E-state index contributed by atoms with van der Waals surface area (Å²) in [5, 5.41) is 32.2. The minimum absolute atomic E-state index is 0.122. The van der Waals surface area contributed by atoms with Crippen molar-refractivity contribution >= 4 is 16.5 Å². The first kappa shape index (κ1) is 14.8. The van der Waals surface area contributed by atoms with Crippen molar-refractivity contribution in [1.29, 1.82) is 0 Å². The second-order valence-corrected chi connectivity index (χ2v) is 7.09. The molecular weight excluding hydrogens is 264 g/mol. The largest absolute Gasteiger partial charge is 0.623 e. The lowest BCUT2D eigenvalue weighted by molar-refractivity contribution is 0.0843. The second kappa shape index (κ2) is 5.06. The van der Waals surface area contributed by atoms with E-state index in [1.165, 1.54) is 11.3 Å². The van der Waals surface area contributed by atoms with Crippen LogP contribution in [0.3, 0.4) is 0 Å². The molecule has 2 rings (SSSR count). The van der Waals surface area contributed by atoms with Crippen LogP contribution in [0.5, 0.6) is 0 Å². The van der Waals surface area contributed by atoms with E-state index in [0.717, 1.165) is 18.0 Å². The normalized spacial score (nSPS) is 29.1. The van der Waals surface area contributed by atoms with Gasteiger partial charge in [0.25, 0.3) is 0 Å². The van der Waals surface area contributed by atoms with Crippen LogP contribution < -0.4 is 4.65 Å². The van der Waals surface area contributed by atoms with E-state index in [2.05, 4.69) is 17.1 Å². The van der Waals surface area contributed by atoms with Crippen LogP contribution in [0.4, 0.5) is 5.13 Å². The van der Waals surface area contributed by atoms with Gasteiger partial charge < -0.3 is 10.3 Å². The Bertz CT molecular complexity index is 445. The number of aliphatic hydroxyl groups excluding tert-OH is 1. The van der Waals surface area contributed by atoms with Crippen LogP contribution in [0.2, 0.25) is 0 Å². The van der Waals surface area contributed by atoms with E-state index >= 15 is 0 Å². The minimum Gasteiger partial charge on any atom is -0.623 e. The molecule has 0 amide bonds. The number of hydrogen-bond acceptors (Lipinski definition) is 6. The van der Waals surface area contributed by atoms with Gasteiger partial charge in [-0.2, -0.15) is 0 Å². The van der Waals surface area contributed by atoms with E-state index in [1.54, 1.807) is 0 Å². The summed E-state index contributed by atoms with van der Waals surface area (Å²) in [6.45, 7) is 9.66. The summed E-state index contributed by atoms with van der Waals surface area (Å²) in [5.74, 6) is 0. The number of rotatable bonds is 3. The molecule has 0 radical (unpaired) electrons. The van der Waals surface area contributed by atoms with Crippen LogP contribution in [-0.2, 0) is 5.41 Å². The van der Waals surface area contributed by atoms with E-state index in [9.17, 15) is 10.3 Å². The average molecular weight is 286 g/mol. The summed E-state index contributed by atoms with van der Waals surface area (Å²) in [6, 6.07) is 0. The molecule has 0 saturated carbocycles. The molecule has 0 spiro atoms. The van der Waals surface area contributed by atoms with Crippen molar-refractivity contribution in [3.8, 4) is 0 Å². The monoisotopic (exact) mass is 286 g/mol. The van der Waals surface area contributed by atoms with Gasteiger partial charge in [0.05, 0.1) is 6.54 Å². The molecule has 0 bridgehead atoms. The predicted octanol–water partition coefficient (Wildman–Crippen LogP) is 1.64. The van der Waals surface area contributed by atoms with Crippen molar-refractivity contribution in [2.24, 2.45) is 0 Å². The predicted molar refractivity (Wildman–Crippen MR) is 76.5 cm³/mol. The lowest BCUT2D eigenvalue weighted by Crippen LogP contribution is -2.48. The highest BCUT2D eigenvalue weighted by molar-refractivity contribution is 7.15. The van der Waals surface area contributed by atoms with Crippen LogP contribution in [0.25, 0.3) is 0 Å². The summed E-state index contributed by atoms with van der Waals surface area (Å²) in [5.41, 5.74) is -0.122. The smallest absolute Gasteiger partial charge is 0.309 e. The van der Waals surface area contributed by atoms with E-state index in [4.69, 9.17) is 0 Å². The summed E-state index contributed by atoms with van der Waals surface area (Å²) < 4.78 is -0.784. The molecule has 1 aliphatic rings. The van der Waals surface area contributed by atoms with Gasteiger partial charge in [0.1, 0.15) is 11.7 Å². The molecule has 2 heterocycles. The summed E-state index contributed by atoms with van der Waals surface area (Å²) in [7, 11) is 0. The molecular formula is C12H22N4O2S. The van der Waals surface area contributed by atoms with E-state index in [-0.39, 0.29) is 12.1 Å². The van der Waals surface area contributed by atoms with E-state index < -0.39 is 10.9 Å². The molecule has 1 saturated heterocycles. The van der Waals surface area contributed by atoms with Crippen molar-refractivity contribution in [3.05, 3.63) is 10.2 Å². The van der Waals surface area contributed by atoms with Gasteiger partial charge in [-0.25, -0.2) is 4.90 Å². The van der Waals surface area contributed by atoms with Gasteiger partial charge in [-0.1, -0.05) is 32.8 Å². The maximum Gasteiger partial charge on any atom is 0.309 e. The maximum atomic E-state index is 12.8. The highest BCUT2D eigenvalue weighted by Gasteiger charge is 2.43. The van der Waals surface area contributed by atoms with Gasteiger partial charge >= 0.3 is 5.13 Å². The summed E-state index contributed by atoms with van der Waals surface area (Å²) >= 11 is 1.31. The number of aromatic nitrogens is 2. The van der Waals surface area contributed by atoms with Gasteiger partial charge in [0.2, 0.25) is 6.23 Å². The topological polar surface area (TPSA) is 72.3 Å². The third kappa shape index (κ3) is 2.80. The Morgan fingerprint density at radius 3 is 2.68 bits per heavy atom. The molecule has 1 aromatic heterocycles. The van der Waals surface area contributed by atoms with E-state index in [1.807, 2.05) is 25.7 Å². The Kier molecular flexibility index (Phi) is 3.95. The van der Waals surface area contributed by atoms with Crippen LogP contribution in [-0.4, -0.2) is 46.2 Å². The van der Waals surface area contributed by atoms with Gasteiger partial charge in [-0.15, -0.1) is 5.10 Å². The first-order valence-corrected chi connectivity index (χ1v) is 7.42. The highest BCUT2D eigenvalue weighted by atomic mass is 32.1. The molecule has 0 aliphatic carbocycles. The van der Waals surface area contributed by atoms with Crippen LogP contribution in [0, 0.1) is 5.21 Å². The lowest BCUT2D eigenvalue weighted by atomic mass is 9.98. The van der Waals surface area contributed by atoms with Crippen LogP contribution in [0.15, 0.2) is 0 Å². The summed E-state index contributed by atoms with van der Waals surface area (Å²) in [4.78, 5) is 1.98. The van der Waals surface area contributed by atoms with Crippen molar-refractivity contribution in [2.45, 2.75) is 45.8 Å². The minimum atomic E-state index is -0.965. The fourth-order valence-electron chi connectivity index (χ4n) is 2.15. The number of quaternary nitrogens is 1. The van der Waals surface area contributed by atoms with Gasteiger partial charge in [-0.3, -0.25) is 4.65 Å². The first-order chi connectivity index (χ1) is 8.77. The summed E-state index contributed by atoms with van der Waals surface area (Å²) in [6.07, 6.45) is 0.00289. The molecule has 19 heavy (non-hydrogen) atoms. The third-order valence-electron chi connectivity index (χ3n) is 3.23. The molecule has 7 heteroatoms. The average Bonchev–Trinajstić information content (AvgIpc) is 2.86. The molecule has 2 unspecified atom stereocenters. The van der Waals surface area contributed by atoms with Crippen molar-refractivity contribution in [2.75, 3.05) is 19.8 Å². The molecule has 2 atom stereocenters. The molecule has 1 aromatic rings. The zero-order valence-electron chi connectivity index (χ0n) is 12.0. The van der Waals surface area contributed by atoms with Crippen molar-refractivity contribution in [1.82, 2.24) is 19.7 Å².